The molecule has 1 aliphatic heterocycles. The fourth-order valence-corrected chi connectivity index (χ4v) is 5.13. The van der Waals surface area contributed by atoms with Gasteiger partial charge in [-0.15, -0.1) is 0 Å². The van der Waals surface area contributed by atoms with Gasteiger partial charge in [-0.3, -0.25) is 14.2 Å². The fraction of sp³-hybridized carbons (Fsp3) is 0.412. The number of ketones is 1. The van der Waals surface area contributed by atoms with Crippen LogP contribution in [0.25, 0.3) is 0 Å². The fourth-order valence-electron chi connectivity index (χ4n) is 3.39. The predicted octanol–water partition coefficient (Wildman–Crippen LogP) is 2.75. The van der Waals surface area contributed by atoms with Gasteiger partial charge in [0.15, 0.2) is 5.78 Å². The molecule has 1 fully saturated rings. The Bertz CT molecular complexity index is 722. The SMILES string of the molecule is COP(=O)(OC)[C@H]1C2=CCC(=O)C[C@H]2C(=O)N1Cc1ccccc1. The minimum absolute atomic E-state index is 0.0158. The van der Waals surface area contributed by atoms with Gasteiger partial charge in [0.2, 0.25) is 5.91 Å². The second kappa shape index (κ2) is 6.63. The Kier molecular flexibility index (Phi) is 4.72. The summed E-state index contributed by atoms with van der Waals surface area (Å²) in [5.74, 6) is -1.52. The van der Waals surface area contributed by atoms with Gasteiger partial charge in [0.1, 0.15) is 5.78 Å². The van der Waals surface area contributed by atoms with Crippen LogP contribution in [0.3, 0.4) is 0 Å². The average molecular weight is 349 g/mol. The number of hydrogen-bond donors (Lipinski definition) is 0. The molecule has 0 spiro atoms. The number of allylic oxidation sites excluding steroid dienone is 1. The van der Waals surface area contributed by atoms with Crippen molar-refractivity contribution in [2.75, 3.05) is 14.2 Å². The van der Waals surface area contributed by atoms with Crippen LogP contribution in [0.15, 0.2) is 42.0 Å². The smallest absolute Gasteiger partial charge is 0.320 e. The van der Waals surface area contributed by atoms with Crippen molar-refractivity contribution in [2.45, 2.75) is 25.2 Å². The molecule has 0 unspecified atom stereocenters. The molecule has 1 aromatic carbocycles. The number of rotatable bonds is 5. The molecule has 24 heavy (non-hydrogen) atoms. The zero-order valence-electron chi connectivity index (χ0n) is 13.7. The van der Waals surface area contributed by atoms with Gasteiger partial charge in [0.05, 0.1) is 5.92 Å². The maximum Gasteiger partial charge on any atom is 0.356 e. The molecule has 1 saturated heterocycles. The molecule has 128 valence electrons. The van der Waals surface area contributed by atoms with Crippen LogP contribution in [-0.4, -0.2) is 36.6 Å². The lowest BCUT2D eigenvalue weighted by Crippen LogP contribution is -2.34. The van der Waals surface area contributed by atoms with Crippen molar-refractivity contribution in [2.24, 2.45) is 5.92 Å². The minimum Gasteiger partial charge on any atom is -0.320 e. The van der Waals surface area contributed by atoms with E-state index in [1.54, 1.807) is 6.08 Å². The van der Waals surface area contributed by atoms with Gasteiger partial charge < -0.3 is 13.9 Å². The number of nitrogens with zero attached hydrogens (tertiary/aromatic N) is 1. The number of hydrogen-bond acceptors (Lipinski definition) is 5. The second-order valence-corrected chi connectivity index (χ2v) is 8.23. The number of Topliss-reactive ketones (excluding diaryl/α,β-unsaturated/α-hetero) is 1. The Labute approximate surface area is 141 Å². The molecule has 2 atom stereocenters. The van der Waals surface area contributed by atoms with Crippen molar-refractivity contribution in [3.63, 3.8) is 0 Å². The molecule has 0 radical (unpaired) electrons. The van der Waals surface area contributed by atoms with E-state index in [0.717, 1.165) is 5.56 Å². The molecule has 7 heteroatoms. The number of likely N-dealkylation sites (tertiary alicyclic amines) is 1. The summed E-state index contributed by atoms with van der Waals surface area (Å²) in [5.41, 5.74) is 1.60. The normalized spacial score (nSPS) is 24.1. The number of benzene rings is 1. The zero-order chi connectivity index (χ0) is 17.3. The largest absolute Gasteiger partial charge is 0.356 e. The van der Waals surface area contributed by atoms with Crippen LogP contribution in [0.2, 0.25) is 0 Å². The highest BCUT2D eigenvalue weighted by atomic mass is 31.2. The van der Waals surface area contributed by atoms with E-state index in [9.17, 15) is 14.2 Å². The van der Waals surface area contributed by atoms with Crippen LogP contribution < -0.4 is 0 Å². The lowest BCUT2D eigenvalue weighted by Gasteiger charge is -2.30. The van der Waals surface area contributed by atoms with Crippen molar-refractivity contribution in [1.82, 2.24) is 4.90 Å². The molecule has 3 rings (SSSR count). The van der Waals surface area contributed by atoms with Crippen LogP contribution in [0.4, 0.5) is 0 Å². The summed E-state index contributed by atoms with van der Waals surface area (Å²) in [4.78, 5) is 26.2. The first-order valence-electron chi connectivity index (χ1n) is 7.77. The van der Waals surface area contributed by atoms with Crippen molar-refractivity contribution >= 4 is 19.3 Å². The van der Waals surface area contributed by atoms with Crippen molar-refractivity contribution in [1.29, 1.82) is 0 Å². The number of carbonyl (C=O) groups excluding carboxylic acids is 2. The highest BCUT2D eigenvalue weighted by Crippen LogP contribution is 2.60. The molecule has 1 aromatic rings. The molecular weight excluding hydrogens is 329 g/mol. The highest BCUT2D eigenvalue weighted by Gasteiger charge is 2.54. The Balaban J connectivity index is 2.03. The molecule has 0 bridgehead atoms. The summed E-state index contributed by atoms with van der Waals surface area (Å²) < 4.78 is 23.4. The lowest BCUT2D eigenvalue weighted by atomic mass is 9.89. The van der Waals surface area contributed by atoms with E-state index in [0.29, 0.717) is 12.1 Å². The Morgan fingerprint density at radius 1 is 1.17 bits per heavy atom. The predicted molar refractivity (Wildman–Crippen MR) is 88.2 cm³/mol. The number of amides is 1. The van der Waals surface area contributed by atoms with Crippen molar-refractivity contribution < 1.29 is 23.2 Å². The topological polar surface area (TPSA) is 72.9 Å². The van der Waals surface area contributed by atoms with Gasteiger partial charge in [0.25, 0.3) is 0 Å². The highest BCUT2D eigenvalue weighted by molar-refractivity contribution is 7.54. The average Bonchev–Trinajstić information content (AvgIpc) is 2.88. The van der Waals surface area contributed by atoms with Crippen molar-refractivity contribution in [3.05, 3.63) is 47.5 Å². The van der Waals surface area contributed by atoms with E-state index in [4.69, 9.17) is 9.05 Å². The number of carbonyl (C=O) groups is 2. The summed E-state index contributed by atoms with van der Waals surface area (Å²) in [7, 11) is -0.909. The molecule has 1 amide bonds. The van der Waals surface area contributed by atoms with E-state index in [-0.39, 0.29) is 24.5 Å². The van der Waals surface area contributed by atoms with Crippen LogP contribution in [-0.2, 0) is 29.7 Å². The maximum atomic E-state index is 13.1. The maximum absolute atomic E-state index is 13.1. The van der Waals surface area contributed by atoms with Gasteiger partial charge in [-0.2, -0.15) is 0 Å². The van der Waals surface area contributed by atoms with Gasteiger partial charge in [-0.25, -0.2) is 0 Å². The van der Waals surface area contributed by atoms with Crippen LogP contribution in [0.1, 0.15) is 18.4 Å². The molecule has 1 aliphatic carbocycles. The monoisotopic (exact) mass is 349 g/mol. The molecule has 0 saturated carbocycles. The molecule has 0 aromatic heterocycles. The first-order chi connectivity index (χ1) is 11.5. The second-order valence-electron chi connectivity index (χ2n) is 5.93. The standard InChI is InChI=1S/C17H20NO5P/c1-22-24(21,23-2)17-14-9-8-13(19)10-15(14)16(20)18(17)11-12-6-4-3-5-7-12/h3-7,9,15,17H,8,10-11H2,1-2H3/t15-,17+/m1/s1. The molecule has 1 heterocycles. The summed E-state index contributed by atoms with van der Waals surface area (Å²) in [6, 6.07) is 9.45. The van der Waals surface area contributed by atoms with Gasteiger partial charge in [-0.05, 0) is 11.1 Å². The summed E-state index contributed by atoms with van der Waals surface area (Å²) >= 11 is 0. The first-order valence-corrected chi connectivity index (χ1v) is 9.38. The van der Waals surface area contributed by atoms with E-state index in [1.165, 1.54) is 19.1 Å². The van der Waals surface area contributed by atoms with Crippen LogP contribution in [0.5, 0.6) is 0 Å². The van der Waals surface area contributed by atoms with E-state index >= 15 is 0 Å². The minimum atomic E-state index is -3.54. The number of fused-ring (bicyclic) bond motifs is 1. The molecular formula is C17H20NO5P. The van der Waals surface area contributed by atoms with Crippen LogP contribution in [0, 0.1) is 5.92 Å². The van der Waals surface area contributed by atoms with Crippen LogP contribution >= 0.6 is 7.60 Å². The first kappa shape index (κ1) is 17.1. The lowest BCUT2D eigenvalue weighted by molar-refractivity contribution is -0.134. The Morgan fingerprint density at radius 3 is 2.46 bits per heavy atom. The Morgan fingerprint density at radius 2 is 1.83 bits per heavy atom. The third kappa shape index (κ3) is 2.86. The third-order valence-electron chi connectivity index (χ3n) is 4.58. The molecule has 2 aliphatic rings. The quantitative estimate of drug-likeness (QED) is 0.604. The van der Waals surface area contributed by atoms with Gasteiger partial charge >= 0.3 is 7.60 Å². The van der Waals surface area contributed by atoms with E-state index < -0.39 is 19.3 Å². The Hall–Kier alpha value is -1.75. The third-order valence-corrected chi connectivity index (χ3v) is 6.77. The summed E-state index contributed by atoms with van der Waals surface area (Å²) in [5, 5.41) is 0. The van der Waals surface area contributed by atoms with Gasteiger partial charge in [0, 0.05) is 33.6 Å². The zero-order valence-corrected chi connectivity index (χ0v) is 14.6. The van der Waals surface area contributed by atoms with E-state index in [1.807, 2.05) is 30.3 Å². The molecule has 6 nitrogen and oxygen atoms in total. The summed E-state index contributed by atoms with van der Waals surface area (Å²) in [6.45, 7) is 0.295. The molecule has 0 N–H and O–H groups in total. The van der Waals surface area contributed by atoms with Crippen molar-refractivity contribution in [3.8, 4) is 0 Å². The van der Waals surface area contributed by atoms with Gasteiger partial charge in [-0.1, -0.05) is 36.4 Å². The summed E-state index contributed by atoms with van der Waals surface area (Å²) in [6.07, 6.45) is 2.12. The van der Waals surface area contributed by atoms with E-state index in [2.05, 4.69) is 0 Å².